The third-order valence-electron chi connectivity index (χ3n) is 5.10. The minimum atomic E-state index is -0.000819. The van der Waals surface area contributed by atoms with Gasteiger partial charge in [-0.3, -0.25) is 9.78 Å². The van der Waals surface area contributed by atoms with Crippen LogP contribution in [0.5, 0.6) is 0 Å². The number of aryl methyl sites for hydroxylation is 3. The number of hydrogen-bond acceptors (Lipinski definition) is 7. The number of amides is 1. The Morgan fingerprint density at radius 3 is 2.68 bits per heavy atom. The lowest BCUT2D eigenvalue weighted by Crippen LogP contribution is -2.26. The van der Waals surface area contributed by atoms with Crippen LogP contribution in [-0.2, 0) is 4.79 Å². The molecule has 1 aliphatic heterocycles. The van der Waals surface area contributed by atoms with Crippen molar-refractivity contribution in [2.24, 2.45) is 0 Å². The minimum Gasteiger partial charge on any atom is -0.338 e. The lowest BCUT2D eigenvalue weighted by molar-refractivity contribution is -0.124. The van der Waals surface area contributed by atoms with E-state index >= 15 is 0 Å². The van der Waals surface area contributed by atoms with Crippen molar-refractivity contribution in [1.29, 1.82) is 0 Å². The molecule has 8 heteroatoms. The van der Waals surface area contributed by atoms with E-state index in [1.165, 1.54) is 0 Å². The molecule has 3 aromatic heterocycles. The predicted octanol–water partition coefficient (Wildman–Crippen LogP) is 3.36. The molecule has 31 heavy (non-hydrogen) atoms. The first-order chi connectivity index (χ1) is 15.0. The standard InChI is InChI=1S/C23H25N7O/c1-15-11-16(2)26-23(25-15)29-21-12-20(27-17(3)28-21)19-8-10-30(14-19)22(31)7-6-18-5-4-9-24-13-18/h4-7,9,11-13,19H,8,10,14H2,1-3H3,(H,25,26,27,28,29). The zero-order valence-electron chi connectivity index (χ0n) is 17.9. The molecule has 1 N–H and O–H groups in total. The highest BCUT2D eigenvalue weighted by atomic mass is 16.2. The van der Waals surface area contributed by atoms with Crippen LogP contribution in [0.1, 0.15) is 40.8 Å². The fourth-order valence-electron chi connectivity index (χ4n) is 3.71. The summed E-state index contributed by atoms with van der Waals surface area (Å²) in [5.74, 6) is 2.02. The largest absolute Gasteiger partial charge is 0.338 e. The van der Waals surface area contributed by atoms with Crippen molar-refractivity contribution in [3.8, 4) is 0 Å². The molecule has 0 saturated carbocycles. The Bertz CT molecular complexity index is 1090. The van der Waals surface area contributed by atoms with Gasteiger partial charge in [0.05, 0.1) is 5.69 Å². The number of carbonyl (C=O) groups excluding carboxylic acids is 1. The molecule has 1 unspecified atom stereocenters. The molecule has 3 aromatic rings. The van der Waals surface area contributed by atoms with Crippen LogP contribution in [0.15, 0.2) is 42.7 Å². The number of nitrogens with zero attached hydrogens (tertiary/aromatic N) is 6. The highest BCUT2D eigenvalue weighted by molar-refractivity contribution is 5.92. The van der Waals surface area contributed by atoms with Gasteiger partial charge in [0.15, 0.2) is 0 Å². The molecule has 1 saturated heterocycles. The monoisotopic (exact) mass is 415 g/mol. The predicted molar refractivity (Wildman–Crippen MR) is 119 cm³/mol. The summed E-state index contributed by atoms with van der Waals surface area (Å²) in [5, 5.41) is 3.19. The zero-order chi connectivity index (χ0) is 21.8. The summed E-state index contributed by atoms with van der Waals surface area (Å²) < 4.78 is 0. The van der Waals surface area contributed by atoms with Crippen LogP contribution in [-0.4, -0.2) is 48.8 Å². The minimum absolute atomic E-state index is 0.000819. The van der Waals surface area contributed by atoms with Crippen molar-refractivity contribution in [1.82, 2.24) is 29.8 Å². The maximum atomic E-state index is 12.6. The van der Waals surface area contributed by atoms with Crippen molar-refractivity contribution < 1.29 is 4.79 Å². The van der Waals surface area contributed by atoms with Crippen LogP contribution in [0.4, 0.5) is 11.8 Å². The molecular formula is C23H25N7O. The normalized spacial score (nSPS) is 16.1. The van der Waals surface area contributed by atoms with E-state index in [2.05, 4.69) is 30.2 Å². The molecule has 8 nitrogen and oxygen atoms in total. The first-order valence-electron chi connectivity index (χ1n) is 10.3. The fourth-order valence-corrected chi connectivity index (χ4v) is 3.71. The fraction of sp³-hybridized carbons (Fsp3) is 0.304. The summed E-state index contributed by atoms with van der Waals surface area (Å²) in [4.78, 5) is 36.4. The van der Waals surface area contributed by atoms with Crippen LogP contribution in [0, 0.1) is 20.8 Å². The second kappa shape index (κ2) is 8.99. The third kappa shape index (κ3) is 5.28. The molecule has 0 radical (unpaired) electrons. The Balaban J connectivity index is 1.45. The van der Waals surface area contributed by atoms with Crippen molar-refractivity contribution in [2.45, 2.75) is 33.1 Å². The van der Waals surface area contributed by atoms with Gasteiger partial charge in [-0.15, -0.1) is 0 Å². The Kier molecular flexibility index (Phi) is 5.97. The van der Waals surface area contributed by atoms with Crippen molar-refractivity contribution >= 4 is 23.7 Å². The molecule has 0 spiro atoms. The molecular weight excluding hydrogens is 390 g/mol. The average Bonchev–Trinajstić information content (AvgIpc) is 3.22. The number of aromatic nitrogens is 5. The maximum absolute atomic E-state index is 12.6. The second-order valence-electron chi connectivity index (χ2n) is 7.71. The third-order valence-corrected chi connectivity index (χ3v) is 5.10. The van der Waals surface area contributed by atoms with Crippen LogP contribution < -0.4 is 5.32 Å². The van der Waals surface area contributed by atoms with E-state index in [-0.39, 0.29) is 11.8 Å². The van der Waals surface area contributed by atoms with Gasteiger partial charge in [0.1, 0.15) is 11.6 Å². The van der Waals surface area contributed by atoms with Gasteiger partial charge in [0.2, 0.25) is 11.9 Å². The van der Waals surface area contributed by atoms with Gasteiger partial charge in [-0.05, 0) is 51.0 Å². The molecule has 0 aliphatic carbocycles. The Labute approximate surface area is 181 Å². The first-order valence-corrected chi connectivity index (χ1v) is 10.3. The highest BCUT2D eigenvalue weighted by Gasteiger charge is 2.27. The molecule has 1 amide bonds. The summed E-state index contributed by atoms with van der Waals surface area (Å²) in [6.45, 7) is 7.07. The molecule has 0 aromatic carbocycles. The Morgan fingerprint density at radius 2 is 1.94 bits per heavy atom. The lowest BCUT2D eigenvalue weighted by atomic mass is 10.0. The molecule has 4 heterocycles. The molecule has 1 aliphatic rings. The van der Waals surface area contributed by atoms with Gasteiger partial charge < -0.3 is 10.2 Å². The van der Waals surface area contributed by atoms with E-state index in [0.717, 1.165) is 29.1 Å². The van der Waals surface area contributed by atoms with Gasteiger partial charge in [-0.1, -0.05) is 6.07 Å². The van der Waals surface area contributed by atoms with Gasteiger partial charge in [-0.25, -0.2) is 19.9 Å². The van der Waals surface area contributed by atoms with Crippen LogP contribution >= 0.6 is 0 Å². The van der Waals surface area contributed by atoms with Gasteiger partial charge >= 0.3 is 0 Å². The van der Waals surface area contributed by atoms with Gasteiger partial charge in [0.25, 0.3) is 0 Å². The van der Waals surface area contributed by atoms with E-state index in [4.69, 9.17) is 0 Å². The van der Waals surface area contributed by atoms with E-state index in [1.54, 1.807) is 24.5 Å². The van der Waals surface area contributed by atoms with Crippen LogP contribution in [0.2, 0.25) is 0 Å². The van der Waals surface area contributed by atoms with E-state index in [9.17, 15) is 4.79 Å². The zero-order valence-corrected chi connectivity index (χ0v) is 17.9. The van der Waals surface area contributed by atoms with Crippen molar-refractivity contribution in [3.05, 3.63) is 71.2 Å². The molecule has 158 valence electrons. The van der Waals surface area contributed by atoms with E-state index < -0.39 is 0 Å². The summed E-state index contributed by atoms with van der Waals surface area (Å²) >= 11 is 0. The quantitative estimate of drug-likeness (QED) is 0.638. The molecule has 1 atom stereocenters. The number of anilines is 2. The highest BCUT2D eigenvalue weighted by Crippen LogP contribution is 2.28. The number of pyridine rings is 1. The average molecular weight is 416 g/mol. The summed E-state index contributed by atoms with van der Waals surface area (Å²) in [6, 6.07) is 7.62. The molecule has 0 bridgehead atoms. The maximum Gasteiger partial charge on any atom is 0.246 e. The SMILES string of the molecule is Cc1cc(C)nc(Nc2cc(C3CCN(C(=O)C=Cc4cccnc4)C3)nc(C)n2)n1. The summed E-state index contributed by atoms with van der Waals surface area (Å²) in [5.41, 5.74) is 3.61. The summed E-state index contributed by atoms with van der Waals surface area (Å²) in [6.07, 6.45) is 7.71. The number of rotatable bonds is 5. The van der Waals surface area contributed by atoms with Crippen LogP contribution in [0.25, 0.3) is 6.08 Å². The number of hydrogen-bond donors (Lipinski definition) is 1. The van der Waals surface area contributed by atoms with E-state index in [1.807, 2.05) is 49.9 Å². The van der Waals surface area contributed by atoms with Gasteiger partial charge in [-0.2, -0.15) is 0 Å². The Morgan fingerprint density at radius 1 is 1.13 bits per heavy atom. The second-order valence-corrected chi connectivity index (χ2v) is 7.71. The molecule has 4 rings (SSSR count). The topological polar surface area (TPSA) is 96.8 Å². The van der Waals surface area contributed by atoms with Crippen molar-refractivity contribution in [2.75, 3.05) is 18.4 Å². The van der Waals surface area contributed by atoms with Gasteiger partial charge in [0, 0.05) is 54.9 Å². The summed E-state index contributed by atoms with van der Waals surface area (Å²) in [7, 11) is 0. The number of nitrogens with one attached hydrogen (secondary N) is 1. The number of likely N-dealkylation sites (tertiary alicyclic amines) is 1. The van der Waals surface area contributed by atoms with Crippen LogP contribution in [0.3, 0.4) is 0 Å². The van der Waals surface area contributed by atoms with E-state index in [0.29, 0.717) is 30.7 Å². The first kappa shape index (κ1) is 20.6. The molecule has 1 fully saturated rings. The smallest absolute Gasteiger partial charge is 0.246 e. The Hall–Kier alpha value is -3.68. The number of carbonyl (C=O) groups is 1. The van der Waals surface area contributed by atoms with Crippen molar-refractivity contribution in [3.63, 3.8) is 0 Å². The lowest BCUT2D eigenvalue weighted by Gasteiger charge is -2.15.